The molecule has 2 aromatic carbocycles. The Bertz CT molecular complexity index is 617. The maximum absolute atomic E-state index is 11.8. The molecular weight excluding hydrogens is 332 g/mol. The molecule has 0 saturated heterocycles. The Morgan fingerprint density at radius 2 is 2.00 bits per heavy atom. The van der Waals surface area contributed by atoms with Gasteiger partial charge in [-0.3, -0.25) is 10.1 Å². The summed E-state index contributed by atoms with van der Waals surface area (Å²) < 4.78 is 6.18. The number of carbonyl (C=O) groups is 1. The van der Waals surface area contributed by atoms with E-state index in [1.54, 1.807) is 13.2 Å². The third-order valence-electron chi connectivity index (χ3n) is 3.14. The van der Waals surface area contributed by atoms with Gasteiger partial charge >= 0.3 is 0 Å². The predicted molar refractivity (Wildman–Crippen MR) is 85.9 cm³/mol. The van der Waals surface area contributed by atoms with Crippen LogP contribution >= 0.6 is 15.9 Å². The molecule has 4 nitrogen and oxygen atoms in total. The Kier molecular flexibility index (Phi) is 5.36. The van der Waals surface area contributed by atoms with Crippen LogP contribution in [0.3, 0.4) is 0 Å². The normalized spacial score (nSPS) is 11.9. The summed E-state index contributed by atoms with van der Waals surface area (Å²) in [6.07, 6.45) is 0. The number of primary amides is 1. The molecule has 2 rings (SSSR count). The second kappa shape index (κ2) is 7.24. The fourth-order valence-corrected chi connectivity index (χ4v) is 2.49. The SMILES string of the molecule is COc1ccc(Br)cc1C(NCc1ccccc1)C(N)=O. The first kappa shape index (κ1) is 15.5. The van der Waals surface area contributed by atoms with E-state index in [0.29, 0.717) is 12.3 Å². The van der Waals surface area contributed by atoms with Gasteiger partial charge in [0.15, 0.2) is 0 Å². The van der Waals surface area contributed by atoms with Crippen molar-refractivity contribution in [1.29, 1.82) is 0 Å². The van der Waals surface area contributed by atoms with Crippen LogP contribution in [0.15, 0.2) is 53.0 Å². The number of hydrogen-bond acceptors (Lipinski definition) is 3. The predicted octanol–water partition coefficient (Wildman–Crippen LogP) is 2.77. The molecule has 21 heavy (non-hydrogen) atoms. The van der Waals surface area contributed by atoms with Crippen molar-refractivity contribution in [3.8, 4) is 5.75 Å². The standard InChI is InChI=1S/C16H17BrN2O2/c1-21-14-8-7-12(17)9-13(14)15(16(18)20)19-10-11-5-3-2-4-6-11/h2-9,15,19H,10H2,1H3,(H2,18,20). The Balaban J connectivity index is 2.23. The highest BCUT2D eigenvalue weighted by Gasteiger charge is 2.21. The molecule has 0 heterocycles. The summed E-state index contributed by atoms with van der Waals surface area (Å²) in [4.78, 5) is 11.8. The van der Waals surface area contributed by atoms with Crippen molar-refractivity contribution >= 4 is 21.8 Å². The second-order valence-corrected chi connectivity index (χ2v) is 5.50. The van der Waals surface area contributed by atoms with Crippen LogP contribution in [0, 0.1) is 0 Å². The molecule has 0 bridgehead atoms. The molecule has 0 aliphatic carbocycles. The third-order valence-corrected chi connectivity index (χ3v) is 3.63. The van der Waals surface area contributed by atoms with E-state index in [0.717, 1.165) is 15.6 Å². The molecule has 5 heteroatoms. The minimum atomic E-state index is -0.613. The van der Waals surface area contributed by atoms with Crippen molar-refractivity contribution in [2.75, 3.05) is 7.11 Å². The number of methoxy groups -OCH3 is 1. The van der Waals surface area contributed by atoms with Gasteiger partial charge in [-0.05, 0) is 23.8 Å². The highest BCUT2D eigenvalue weighted by Crippen LogP contribution is 2.28. The number of rotatable bonds is 6. The lowest BCUT2D eigenvalue weighted by Gasteiger charge is -2.19. The highest BCUT2D eigenvalue weighted by atomic mass is 79.9. The highest BCUT2D eigenvalue weighted by molar-refractivity contribution is 9.10. The molecule has 2 aromatic rings. The summed E-state index contributed by atoms with van der Waals surface area (Å²) in [5, 5.41) is 3.18. The van der Waals surface area contributed by atoms with Crippen LogP contribution in [0.25, 0.3) is 0 Å². The lowest BCUT2D eigenvalue weighted by Crippen LogP contribution is -2.33. The molecule has 110 valence electrons. The van der Waals surface area contributed by atoms with Crippen molar-refractivity contribution in [2.45, 2.75) is 12.6 Å². The molecule has 0 spiro atoms. The zero-order chi connectivity index (χ0) is 15.2. The molecule has 1 unspecified atom stereocenters. The van der Waals surface area contributed by atoms with Gasteiger partial charge < -0.3 is 10.5 Å². The fourth-order valence-electron chi connectivity index (χ4n) is 2.11. The van der Waals surface area contributed by atoms with Crippen LogP contribution in [0.2, 0.25) is 0 Å². The van der Waals surface area contributed by atoms with Crippen LogP contribution in [0.1, 0.15) is 17.2 Å². The molecule has 1 atom stereocenters. The lowest BCUT2D eigenvalue weighted by atomic mass is 10.0. The molecule has 0 aliphatic heterocycles. The monoisotopic (exact) mass is 348 g/mol. The topological polar surface area (TPSA) is 64.3 Å². The molecular formula is C16H17BrN2O2. The number of ether oxygens (including phenoxy) is 1. The molecule has 0 saturated carbocycles. The van der Waals surface area contributed by atoms with Crippen LogP contribution < -0.4 is 15.8 Å². The summed E-state index contributed by atoms with van der Waals surface area (Å²) in [5.74, 6) is 0.185. The van der Waals surface area contributed by atoms with E-state index in [2.05, 4.69) is 21.2 Å². The van der Waals surface area contributed by atoms with Crippen LogP contribution in [0.5, 0.6) is 5.75 Å². The van der Waals surface area contributed by atoms with E-state index in [4.69, 9.17) is 10.5 Å². The van der Waals surface area contributed by atoms with Crippen LogP contribution in [-0.4, -0.2) is 13.0 Å². The summed E-state index contributed by atoms with van der Waals surface area (Å²) >= 11 is 3.40. The number of hydrogen-bond donors (Lipinski definition) is 2. The average Bonchev–Trinajstić information content (AvgIpc) is 2.48. The summed E-state index contributed by atoms with van der Waals surface area (Å²) in [5.41, 5.74) is 7.33. The van der Waals surface area contributed by atoms with Gasteiger partial charge in [0.1, 0.15) is 11.8 Å². The van der Waals surface area contributed by atoms with Crippen molar-refractivity contribution in [3.05, 3.63) is 64.1 Å². The molecule has 1 amide bonds. The molecule has 0 fully saturated rings. The summed E-state index contributed by atoms with van der Waals surface area (Å²) in [6, 6.07) is 14.7. The number of carbonyl (C=O) groups excluding carboxylic acids is 1. The number of nitrogens with two attached hydrogens (primary N) is 1. The van der Waals surface area contributed by atoms with Crippen molar-refractivity contribution in [3.63, 3.8) is 0 Å². The van der Waals surface area contributed by atoms with Gasteiger partial charge in [-0.1, -0.05) is 46.3 Å². The van der Waals surface area contributed by atoms with Gasteiger partial charge in [0.05, 0.1) is 7.11 Å². The molecule has 3 N–H and O–H groups in total. The number of benzene rings is 2. The fraction of sp³-hybridized carbons (Fsp3) is 0.188. The second-order valence-electron chi connectivity index (χ2n) is 4.59. The molecule has 0 aliphatic rings. The summed E-state index contributed by atoms with van der Waals surface area (Å²) in [6.45, 7) is 0.546. The van der Waals surface area contributed by atoms with Gasteiger partial charge in [0.2, 0.25) is 5.91 Å². The van der Waals surface area contributed by atoms with Gasteiger partial charge in [-0.25, -0.2) is 0 Å². The van der Waals surface area contributed by atoms with E-state index in [9.17, 15) is 4.79 Å². The maximum atomic E-state index is 11.8. The minimum absolute atomic E-state index is 0.442. The smallest absolute Gasteiger partial charge is 0.239 e. The first-order chi connectivity index (χ1) is 10.1. The quantitative estimate of drug-likeness (QED) is 0.843. The largest absolute Gasteiger partial charge is 0.496 e. The zero-order valence-corrected chi connectivity index (χ0v) is 13.3. The zero-order valence-electron chi connectivity index (χ0n) is 11.7. The maximum Gasteiger partial charge on any atom is 0.239 e. The Hall–Kier alpha value is -1.85. The van der Waals surface area contributed by atoms with E-state index in [-0.39, 0.29) is 0 Å². The number of nitrogens with one attached hydrogen (secondary N) is 1. The first-order valence-electron chi connectivity index (χ1n) is 6.52. The van der Waals surface area contributed by atoms with Crippen molar-refractivity contribution in [2.24, 2.45) is 5.73 Å². The van der Waals surface area contributed by atoms with Crippen molar-refractivity contribution < 1.29 is 9.53 Å². The van der Waals surface area contributed by atoms with E-state index in [1.807, 2.05) is 42.5 Å². The van der Waals surface area contributed by atoms with Gasteiger partial charge in [-0.15, -0.1) is 0 Å². The lowest BCUT2D eigenvalue weighted by molar-refractivity contribution is -0.120. The first-order valence-corrected chi connectivity index (χ1v) is 7.31. The Morgan fingerprint density at radius 3 is 2.62 bits per heavy atom. The van der Waals surface area contributed by atoms with Gasteiger partial charge in [0.25, 0.3) is 0 Å². The van der Waals surface area contributed by atoms with E-state index < -0.39 is 11.9 Å². The van der Waals surface area contributed by atoms with E-state index in [1.165, 1.54) is 0 Å². The van der Waals surface area contributed by atoms with E-state index >= 15 is 0 Å². The third kappa shape index (κ3) is 4.06. The van der Waals surface area contributed by atoms with Gasteiger partial charge in [0, 0.05) is 16.6 Å². The van der Waals surface area contributed by atoms with Gasteiger partial charge in [-0.2, -0.15) is 0 Å². The number of amides is 1. The minimum Gasteiger partial charge on any atom is -0.496 e. The van der Waals surface area contributed by atoms with Crippen LogP contribution in [0.4, 0.5) is 0 Å². The Morgan fingerprint density at radius 1 is 1.29 bits per heavy atom. The summed E-state index contributed by atoms with van der Waals surface area (Å²) in [7, 11) is 1.57. The van der Waals surface area contributed by atoms with Crippen molar-refractivity contribution in [1.82, 2.24) is 5.32 Å². The molecule has 0 radical (unpaired) electrons. The number of halogens is 1. The average molecular weight is 349 g/mol. The molecule has 0 aromatic heterocycles. The Labute approximate surface area is 132 Å². The van der Waals surface area contributed by atoms with Crippen LogP contribution in [-0.2, 0) is 11.3 Å².